The number of hydrogen-bond acceptors (Lipinski definition) is 3. The lowest BCUT2D eigenvalue weighted by Crippen LogP contribution is -2.49. The van der Waals surface area contributed by atoms with Crippen LogP contribution in [0.3, 0.4) is 0 Å². The molecule has 0 saturated carbocycles. The summed E-state index contributed by atoms with van der Waals surface area (Å²) in [5.41, 5.74) is 12.8. The second kappa shape index (κ2) is 3.75. The Labute approximate surface area is 84.8 Å². The number of rotatable bonds is 1. The van der Waals surface area contributed by atoms with Gasteiger partial charge in [-0.25, -0.2) is 0 Å². The minimum atomic E-state index is -0.234. The molecule has 1 aliphatic heterocycles. The van der Waals surface area contributed by atoms with E-state index in [2.05, 4.69) is 6.08 Å². The number of hydrogen-bond donors (Lipinski definition) is 2. The highest BCUT2D eigenvalue weighted by Crippen LogP contribution is 2.32. The van der Waals surface area contributed by atoms with Crippen molar-refractivity contribution in [3.63, 3.8) is 0 Å². The average Bonchev–Trinajstić information content (AvgIpc) is 2.19. The van der Waals surface area contributed by atoms with Gasteiger partial charge in [-0.1, -0.05) is 12.2 Å². The SMILES string of the molecule is NC1=CC=CC(N)(C2CCOCC2)C1. The Bertz CT molecular complexity index is 266. The summed E-state index contributed by atoms with van der Waals surface area (Å²) in [6.07, 6.45) is 8.90. The second-order valence-corrected chi connectivity index (χ2v) is 4.28. The molecule has 3 nitrogen and oxygen atoms in total. The van der Waals surface area contributed by atoms with Crippen molar-refractivity contribution in [1.82, 2.24) is 0 Å². The van der Waals surface area contributed by atoms with E-state index in [0.717, 1.165) is 38.2 Å². The van der Waals surface area contributed by atoms with Crippen LogP contribution in [-0.2, 0) is 4.74 Å². The van der Waals surface area contributed by atoms with E-state index < -0.39 is 0 Å². The lowest BCUT2D eigenvalue weighted by molar-refractivity contribution is 0.0470. The lowest BCUT2D eigenvalue weighted by Gasteiger charge is -2.38. The van der Waals surface area contributed by atoms with Gasteiger partial charge in [-0.15, -0.1) is 0 Å². The molecule has 3 heteroatoms. The van der Waals surface area contributed by atoms with Crippen LogP contribution in [0.2, 0.25) is 0 Å². The molecule has 1 unspecified atom stereocenters. The van der Waals surface area contributed by atoms with E-state index >= 15 is 0 Å². The molecule has 78 valence electrons. The van der Waals surface area contributed by atoms with E-state index in [4.69, 9.17) is 16.2 Å². The highest BCUT2D eigenvalue weighted by Gasteiger charge is 2.34. The first-order valence-electron chi connectivity index (χ1n) is 5.21. The molecule has 14 heavy (non-hydrogen) atoms. The van der Waals surface area contributed by atoms with Crippen LogP contribution in [0.5, 0.6) is 0 Å². The van der Waals surface area contributed by atoms with Gasteiger partial charge in [0.05, 0.1) is 0 Å². The summed E-state index contributed by atoms with van der Waals surface area (Å²) in [6.45, 7) is 1.67. The van der Waals surface area contributed by atoms with Crippen LogP contribution >= 0.6 is 0 Å². The van der Waals surface area contributed by atoms with Gasteiger partial charge >= 0.3 is 0 Å². The molecule has 0 aromatic heterocycles. The molecule has 4 N–H and O–H groups in total. The summed E-state index contributed by atoms with van der Waals surface area (Å²) in [4.78, 5) is 0. The molecule has 2 aliphatic rings. The van der Waals surface area contributed by atoms with Crippen molar-refractivity contribution in [2.75, 3.05) is 13.2 Å². The van der Waals surface area contributed by atoms with Crippen LogP contribution in [0.25, 0.3) is 0 Å². The Morgan fingerprint density at radius 3 is 2.71 bits per heavy atom. The molecule has 0 radical (unpaired) electrons. The molecule has 0 bridgehead atoms. The van der Waals surface area contributed by atoms with E-state index in [1.54, 1.807) is 0 Å². The van der Waals surface area contributed by atoms with E-state index in [0.29, 0.717) is 5.92 Å². The van der Waals surface area contributed by atoms with Gasteiger partial charge in [0.1, 0.15) is 0 Å². The third-order valence-corrected chi connectivity index (χ3v) is 3.21. The molecule has 2 rings (SSSR count). The highest BCUT2D eigenvalue weighted by molar-refractivity contribution is 5.26. The smallest absolute Gasteiger partial charge is 0.0469 e. The van der Waals surface area contributed by atoms with Gasteiger partial charge in [0.2, 0.25) is 0 Å². The standard InChI is InChI=1S/C11H18N2O/c12-10-2-1-5-11(13,8-10)9-3-6-14-7-4-9/h1-2,5,9H,3-4,6-8,12-13H2. The minimum absolute atomic E-state index is 0.234. The molecular weight excluding hydrogens is 176 g/mol. The van der Waals surface area contributed by atoms with Crippen molar-refractivity contribution in [1.29, 1.82) is 0 Å². The van der Waals surface area contributed by atoms with Crippen molar-refractivity contribution in [3.05, 3.63) is 23.9 Å². The zero-order valence-corrected chi connectivity index (χ0v) is 8.41. The van der Waals surface area contributed by atoms with Gasteiger partial charge in [0, 0.05) is 30.9 Å². The van der Waals surface area contributed by atoms with Gasteiger partial charge in [0.15, 0.2) is 0 Å². The molecule has 1 heterocycles. The number of allylic oxidation sites excluding steroid dienone is 2. The van der Waals surface area contributed by atoms with Crippen molar-refractivity contribution < 1.29 is 4.74 Å². The highest BCUT2D eigenvalue weighted by atomic mass is 16.5. The monoisotopic (exact) mass is 194 g/mol. The molecule has 1 fully saturated rings. The first-order valence-corrected chi connectivity index (χ1v) is 5.21. The topological polar surface area (TPSA) is 61.3 Å². The molecular formula is C11H18N2O. The fraction of sp³-hybridized carbons (Fsp3) is 0.636. The van der Waals surface area contributed by atoms with E-state index in [9.17, 15) is 0 Å². The first-order chi connectivity index (χ1) is 6.71. The largest absolute Gasteiger partial charge is 0.402 e. The van der Waals surface area contributed by atoms with Crippen molar-refractivity contribution in [3.8, 4) is 0 Å². The Morgan fingerprint density at radius 1 is 1.36 bits per heavy atom. The van der Waals surface area contributed by atoms with Gasteiger partial charge in [-0.2, -0.15) is 0 Å². The molecule has 0 spiro atoms. The fourth-order valence-electron chi connectivity index (χ4n) is 2.34. The first kappa shape index (κ1) is 9.74. The molecule has 1 atom stereocenters. The van der Waals surface area contributed by atoms with Gasteiger partial charge in [-0.05, 0) is 24.8 Å². The minimum Gasteiger partial charge on any atom is -0.402 e. The van der Waals surface area contributed by atoms with Crippen molar-refractivity contribution >= 4 is 0 Å². The van der Waals surface area contributed by atoms with Crippen molar-refractivity contribution in [2.24, 2.45) is 17.4 Å². The normalized spacial score (nSPS) is 34.2. The quantitative estimate of drug-likeness (QED) is 0.652. The third kappa shape index (κ3) is 1.83. The Balaban J connectivity index is 2.08. The second-order valence-electron chi connectivity index (χ2n) is 4.28. The predicted octanol–water partition coefficient (Wildman–Crippen LogP) is 0.913. The van der Waals surface area contributed by atoms with Gasteiger partial charge < -0.3 is 16.2 Å². The lowest BCUT2D eigenvalue weighted by atomic mass is 9.75. The summed E-state index contributed by atoms with van der Waals surface area (Å²) >= 11 is 0. The van der Waals surface area contributed by atoms with Crippen LogP contribution < -0.4 is 11.5 Å². The summed E-state index contributed by atoms with van der Waals surface area (Å²) in [5, 5.41) is 0. The zero-order chi connectivity index (χ0) is 10.0. The maximum Gasteiger partial charge on any atom is 0.0469 e. The van der Waals surface area contributed by atoms with E-state index in [1.165, 1.54) is 0 Å². The van der Waals surface area contributed by atoms with Crippen LogP contribution in [-0.4, -0.2) is 18.8 Å². The molecule has 1 aliphatic carbocycles. The summed E-state index contributed by atoms with van der Waals surface area (Å²) in [7, 11) is 0. The predicted molar refractivity (Wildman–Crippen MR) is 56.5 cm³/mol. The number of ether oxygens (including phenoxy) is 1. The average molecular weight is 194 g/mol. The summed E-state index contributed by atoms with van der Waals surface area (Å²) in [6, 6.07) is 0. The van der Waals surface area contributed by atoms with E-state index in [-0.39, 0.29) is 5.54 Å². The Hall–Kier alpha value is -0.800. The van der Waals surface area contributed by atoms with Gasteiger partial charge in [0.25, 0.3) is 0 Å². The molecule has 0 amide bonds. The molecule has 0 aromatic carbocycles. The van der Waals surface area contributed by atoms with Crippen molar-refractivity contribution in [2.45, 2.75) is 24.8 Å². The van der Waals surface area contributed by atoms with Gasteiger partial charge in [-0.3, -0.25) is 0 Å². The fourth-order valence-corrected chi connectivity index (χ4v) is 2.34. The summed E-state index contributed by atoms with van der Waals surface area (Å²) in [5.74, 6) is 0.514. The Morgan fingerprint density at radius 2 is 2.07 bits per heavy atom. The third-order valence-electron chi connectivity index (χ3n) is 3.21. The van der Waals surface area contributed by atoms with Crippen LogP contribution in [0.4, 0.5) is 0 Å². The van der Waals surface area contributed by atoms with Crippen LogP contribution in [0, 0.1) is 5.92 Å². The van der Waals surface area contributed by atoms with Crippen LogP contribution in [0.1, 0.15) is 19.3 Å². The maximum atomic E-state index is 6.36. The van der Waals surface area contributed by atoms with E-state index in [1.807, 2.05) is 12.2 Å². The number of nitrogens with two attached hydrogens (primary N) is 2. The van der Waals surface area contributed by atoms with Crippen LogP contribution in [0.15, 0.2) is 23.9 Å². The zero-order valence-electron chi connectivity index (χ0n) is 8.41. The molecule has 1 saturated heterocycles. The Kier molecular flexibility index (Phi) is 2.61. The summed E-state index contributed by atoms with van der Waals surface area (Å²) < 4.78 is 5.34. The molecule has 0 aromatic rings. The maximum absolute atomic E-state index is 6.36.